The van der Waals surface area contributed by atoms with Gasteiger partial charge < -0.3 is 5.73 Å². The predicted molar refractivity (Wildman–Crippen MR) is 72.3 cm³/mol. The Kier molecular flexibility index (Phi) is 4.18. The van der Waals surface area contributed by atoms with Gasteiger partial charge in [0, 0.05) is 22.6 Å². The molecule has 1 aliphatic rings. The highest BCUT2D eigenvalue weighted by molar-refractivity contribution is 7.89. The third kappa shape index (κ3) is 3.59. The van der Waals surface area contributed by atoms with E-state index in [2.05, 4.69) is 4.72 Å². The van der Waals surface area contributed by atoms with E-state index in [4.69, 9.17) is 28.9 Å². The van der Waals surface area contributed by atoms with Gasteiger partial charge in [-0.05, 0) is 37.0 Å². The summed E-state index contributed by atoms with van der Waals surface area (Å²) >= 11 is 11.6. The van der Waals surface area contributed by atoms with Crippen molar-refractivity contribution in [2.45, 2.75) is 23.8 Å². The highest BCUT2D eigenvalue weighted by Crippen LogP contribution is 2.31. The minimum Gasteiger partial charge on any atom is -0.326 e. The van der Waals surface area contributed by atoms with Crippen LogP contribution < -0.4 is 10.5 Å². The van der Waals surface area contributed by atoms with Crippen LogP contribution in [0.5, 0.6) is 0 Å². The minimum absolute atomic E-state index is 0.0583. The van der Waals surface area contributed by atoms with Crippen molar-refractivity contribution in [2.75, 3.05) is 6.54 Å². The third-order valence-corrected chi connectivity index (χ3v) is 4.72. The molecular formula is C11H14Cl2N2O2S. The van der Waals surface area contributed by atoms with E-state index in [1.54, 1.807) is 0 Å². The molecule has 100 valence electrons. The molecule has 7 heteroatoms. The van der Waals surface area contributed by atoms with E-state index in [1.807, 2.05) is 0 Å². The Labute approximate surface area is 117 Å². The Morgan fingerprint density at radius 2 is 1.83 bits per heavy atom. The van der Waals surface area contributed by atoms with Crippen molar-refractivity contribution >= 4 is 33.2 Å². The van der Waals surface area contributed by atoms with Crippen molar-refractivity contribution in [3.63, 3.8) is 0 Å². The highest BCUT2D eigenvalue weighted by Gasteiger charge is 2.29. The number of hydrogen-bond acceptors (Lipinski definition) is 3. The molecule has 0 bridgehead atoms. The van der Waals surface area contributed by atoms with E-state index in [-0.39, 0.29) is 27.5 Å². The van der Waals surface area contributed by atoms with Gasteiger partial charge in [-0.3, -0.25) is 0 Å². The maximum absolute atomic E-state index is 12.0. The van der Waals surface area contributed by atoms with Crippen molar-refractivity contribution < 1.29 is 8.42 Å². The molecule has 2 rings (SSSR count). The first-order valence-electron chi connectivity index (χ1n) is 5.60. The van der Waals surface area contributed by atoms with Crippen molar-refractivity contribution in [3.8, 4) is 0 Å². The number of hydrogen-bond donors (Lipinski definition) is 2. The quantitative estimate of drug-likeness (QED) is 0.874. The Hall–Kier alpha value is -0.330. The van der Waals surface area contributed by atoms with Crippen LogP contribution in [-0.4, -0.2) is 21.0 Å². The van der Waals surface area contributed by atoms with Gasteiger partial charge >= 0.3 is 0 Å². The van der Waals surface area contributed by atoms with Crippen LogP contribution in [0.4, 0.5) is 0 Å². The molecule has 1 aliphatic carbocycles. The van der Waals surface area contributed by atoms with Crippen molar-refractivity contribution in [2.24, 2.45) is 11.7 Å². The van der Waals surface area contributed by atoms with E-state index in [0.29, 0.717) is 5.92 Å². The standard InChI is InChI=1S/C11H14Cl2N2O2S/c12-8-3-9(13)5-10(4-8)18(16,17)15-6-11(14)7-1-2-7/h3-5,7,11,15H,1-2,6,14H2. The van der Waals surface area contributed by atoms with Crippen LogP contribution in [0.15, 0.2) is 23.1 Å². The van der Waals surface area contributed by atoms with Crippen LogP contribution in [0.2, 0.25) is 10.0 Å². The number of nitrogens with one attached hydrogen (secondary N) is 1. The second-order valence-electron chi connectivity index (χ2n) is 4.46. The van der Waals surface area contributed by atoms with E-state index < -0.39 is 10.0 Å². The lowest BCUT2D eigenvalue weighted by Gasteiger charge is -2.12. The summed E-state index contributed by atoms with van der Waals surface area (Å²) in [5.74, 6) is 0.440. The van der Waals surface area contributed by atoms with Gasteiger partial charge in [-0.1, -0.05) is 23.2 Å². The molecule has 4 nitrogen and oxygen atoms in total. The van der Waals surface area contributed by atoms with Crippen LogP contribution >= 0.6 is 23.2 Å². The summed E-state index contributed by atoms with van der Waals surface area (Å²) in [4.78, 5) is 0.0583. The molecule has 18 heavy (non-hydrogen) atoms. The number of nitrogens with two attached hydrogens (primary N) is 1. The fourth-order valence-corrected chi connectivity index (χ4v) is 3.46. The lowest BCUT2D eigenvalue weighted by molar-refractivity contribution is 0.548. The summed E-state index contributed by atoms with van der Waals surface area (Å²) in [6, 6.07) is 4.07. The van der Waals surface area contributed by atoms with Crippen LogP contribution in [0, 0.1) is 5.92 Å². The maximum Gasteiger partial charge on any atom is 0.240 e. The first-order valence-corrected chi connectivity index (χ1v) is 7.84. The van der Waals surface area contributed by atoms with Gasteiger partial charge in [0.05, 0.1) is 4.90 Å². The fourth-order valence-electron chi connectivity index (χ4n) is 1.66. The monoisotopic (exact) mass is 308 g/mol. The zero-order valence-corrected chi connectivity index (χ0v) is 11.9. The molecule has 1 atom stereocenters. The number of sulfonamides is 1. The second kappa shape index (κ2) is 5.35. The molecule has 0 aromatic heterocycles. The molecule has 1 fully saturated rings. The molecule has 1 aromatic rings. The number of halogens is 2. The predicted octanol–water partition coefficient (Wildman–Crippen LogP) is 2.01. The molecule has 0 radical (unpaired) electrons. The molecule has 0 spiro atoms. The first-order chi connectivity index (χ1) is 8.38. The van der Waals surface area contributed by atoms with Gasteiger partial charge in [0.2, 0.25) is 10.0 Å². The van der Waals surface area contributed by atoms with Gasteiger partial charge in [0.15, 0.2) is 0 Å². The molecular weight excluding hydrogens is 295 g/mol. The van der Waals surface area contributed by atoms with Crippen LogP contribution in [0.25, 0.3) is 0 Å². The van der Waals surface area contributed by atoms with Crippen LogP contribution in [-0.2, 0) is 10.0 Å². The van der Waals surface area contributed by atoms with Gasteiger partial charge in [-0.2, -0.15) is 0 Å². The lowest BCUT2D eigenvalue weighted by atomic mass is 10.2. The summed E-state index contributed by atoms with van der Waals surface area (Å²) < 4.78 is 26.5. The summed E-state index contributed by atoms with van der Waals surface area (Å²) in [7, 11) is -3.60. The normalized spacial score (nSPS) is 17.7. The van der Waals surface area contributed by atoms with Crippen molar-refractivity contribution in [1.82, 2.24) is 4.72 Å². The van der Waals surface area contributed by atoms with Gasteiger partial charge in [-0.15, -0.1) is 0 Å². The SMILES string of the molecule is NC(CNS(=O)(=O)c1cc(Cl)cc(Cl)c1)C1CC1. The topological polar surface area (TPSA) is 72.2 Å². The first kappa shape index (κ1) is 14.1. The Morgan fingerprint density at radius 3 is 2.33 bits per heavy atom. The number of benzene rings is 1. The minimum atomic E-state index is -3.60. The lowest BCUT2D eigenvalue weighted by Crippen LogP contribution is -2.38. The molecule has 1 unspecified atom stereocenters. The Bertz CT molecular complexity index is 524. The largest absolute Gasteiger partial charge is 0.326 e. The van der Waals surface area contributed by atoms with E-state index in [1.165, 1.54) is 18.2 Å². The Balaban J connectivity index is 2.09. The molecule has 0 amide bonds. The number of rotatable bonds is 5. The smallest absolute Gasteiger partial charge is 0.240 e. The fraction of sp³-hybridized carbons (Fsp3) is 0.455. The summed E-state index contributed by atoms with van der Waals surface area (Å²) in [5, 5.41) is 0.573. The summed E-state index contributed by atoms with van der Waals surface area (Å²) in [6.07, 6.45) is 2.15. The zero-order valence-electron chi connectivity index (χ0n) is 9.57. The molecule has 0 saturated heterocycles. The molecule has 1 aromatic carbocycles. The van der Waals surface area contributed by atoms with E-state index in [0.717, 1.165) is 12.8 Å². The average molecular weight is 309 g/mol. The second-order valence-corrected chi connectivity index (χ2v) is 7.10. The molecule has 3 N–H and O–H groups in total. The maximum atomic E-state index is 12.0. The van der Waals surface area contributed by atoms with Crippen molar-refractivity contribution in [3.05, 3.63) is 28.2 Å². The Morgan fingerprint density at radius 1 is 1.28 bits per heavy atom. The van der Waals surface area contributed by atoms with E-state index >= 15 is 0 Å². The molecule has 0 heterocycles. The zero-order chi connectivity index (χ0) is 13.3. The molecule has 1 saturated carbocycles. The van der Waals surface area contributed by atoms with Gasteiger partial charge in [0.1, 0.15) is 0 Å². The van der Waals surface area contributed by atoms with Crippen LogP contribution in [0.1, 0.15) is 12.8 Å². The van der Waals surface area contributed by atoms with Gasteiger partial charge in [0.25, 0.3) is 0 Å². The van der Waals surface area contributed by atoms with Gasteiger partial charge in [-0.25, -0.2) is 13.1 Å². The average Bonchev–Trinajstić information content (AvgIpc) is 3.08. The highest BCUT2D eigenvalue weighted by atomic mass is 35.5. The summed E-state index contributed by atoms with van der Waals surface area (Å²) in [5.41, 5.74) is 5.84. The van der Waals surface area contributed by atoms with Crippen LogP contribution in [0.3, 0.4) is 0 Å². The summed E-state index contributed by atoms with van der Waals surface area (Å²) in [6.45, 7) is 0.233. The third-order valence-electron chi connectivity index (χ3n) is 2.88. The molecule has 0 aliphatic heterocycles. The van der Waals surface area contributed by atoms with Crippen molar-refractivity contribution in [1.29, 1.82) is 0 Å². The van der Waals surface area contributed by atoms with E-state index in [9.17, 15) is 8.42 Å².